The number of likely N-dealkylation sites (N-methyl/N-ethyl adjacent to an activating group) is 2. The van der Waals surface area contributed by atoms with Crippen molar-refractivity contribution in [2.24, 2.45) is 0 Å². The minimum absolute atomic E-state index is 0.986. The minimum atomic E-state index is 0.986. The van der Waals surface area contributed by atoms with Crippen molar-refractivity contribution in [2.75, 3.05) is 31.1 Å². The number of nitrogens with one attached hydrogen (secondary N) is 1. The fourth-order valence-corrected chi connectivity index (χ4v) is 1.75. The number of halogens is 1. The molecular weight excluding hydrogens is 266 g/mol. The second kappa shape index (κ2) is 6.86. The lowest BCUT2D eigenvalue weighted by atomic mass is 10.3. The quantitative estimate of drug-likeness (QED) is 0.815. The molecule has 0 spiro atoms. The maximum Gasteiger partial charge on any atom is 0.128 e. The van der Waals surface area contributed by atoms with E-state index in [-0.39, 0.29) is 0 Å². The third-order valence-electron chi connectivity index (χ3n) is 2.52. The zero-order valence-corrected chi connectivity index (χ0v) is 11.8. The summed E-state index contributed by atoms with van der Waals surface area (Å²) < 4.78 is 1.07. The second-order valence-corrected chi connectivity index (χ2v) is 4.52. The Morgan fingerprint density at radius 1 is 1.38 bits per heavy atom. The third-order valence-corrected chi connectivity index (χ3v) is 3.36. The highest BCUT2D eigenvalue weighted by Crippen LogP contribution is 2.18. The SMILES string of the molecule is CCNCCN(CC)c1ccc(Br)c(C)n1. The zero-order valence-electron chi connectivity index (χ0n) is 10.3. The van der Waals surface area contributed by atoms with Gasteiger partial charge < -0.3 is 10.2 Å². The molecule has 0 unspecified atom stereocenters. The number of nitrogens with zero attached hydrogens (tertiary/aromatic N) is 2. The smallest absolute Gasteiger partial charge is 0.128 e. The molecule has 1 aromatic rings. The normalized spacial score (nSPS) is 10.5. The zero-order chi connectivity index (χ0) is 12.0. The van der Waals surface area contributed by atoms with Gasteiger partial charge in [-0.05, 0) is 48.5 Å². The lowest BCUT2D eigenvalue weighted by Crippen LogP contribution is -2.32. The van der Waals surface area contributed by atoms with Crippen LogP contribution in [0, 0.1) is 6.92 Å². The molecule has 1 rings (SSSR count). The molecule has 0 atom stereocenters. The number of hydrogen-bond acceptors (Lipinski definition) is 3. The van der Waals surface area contributed by atoms with Crippen LogP contribution in [0.3, 0.4) is 0 Å². The van der Waals surface area contributed by atoms with Crippen molar-refractivity contribution in [3.8, 4) is 0 Å². The van der Waals surface area contributed by atoms with Gasteiger partial charge in [-0.3, -0.25) is 0 Å². The molecule has 3 nitrogen and oxygen atoms in total. The van der Waals surface area contributed by atoms with Crippen molar-refractivity contribution in [2.45, 2.75) is 20.8 Å². The van der Waals surface area contributed by atoms with E-state index in [0.717, 1.165) is 42.2 Å². The summed E-state index contributed by atoms with van der Waals surface area (Å²) in [6, 6.07) is 4.13. The van der Waals surface area contributed by atoms with Crippen molar-refractivity contribution < 1.29 is 0 Å². The topological polar surface area (TPSA) is 28.2 Å². The second-order valence-electron chi connectivity index (χ2n) is 3.67. The Kier molecular flexibility index (Phi) is 5.77. The van der Waals surface area contributed by atoms with Crippen LogP contribution in [-0.4, -0.2) is 31.2 Å². The fourth-order valence-electron chi connectivity index (χ4n) is 1.53. The van der Waals surface area contributed by atoms with E-state index in [2.05, 4.69) is 57.1 Å². The fraction of sp³-hybridized carbons (Fsp3) is 0.583. The first-order valence-corrected chi connectivity index (χ1v) is 6.57. The van der Waals surface area contributed by atoms with Crippen LogP contribution in [0.5, 0.6) is 0 Å². The molecule has 0 saturated carbocycles. The number of anilines is 1. The van der Waals surface area contributed by atoms with E-state index in [1.807, 2.05) is 6.92 Å². The first-order chi connectivity index (χ1) is 7.69. The summed E-state index contributed by atoms with van der Waals surface area (Å²) in [5.41, 5.74) is 1.04. The van der Waals surface area contributed by atoms with E-state index in [0.29, 0.717) is 0 Å². The molecule has 1 heterocycles. The predicted molar refractivity (Wildman–Crippen MR) is 73.1 cm³/mol. The Labute approximate surface area is 106 Å². The number of hydrogen-bond donors (Lipinski definition) is 1. The number of aryl methyl sites for hydroxylation is 1. The van der Waals surface area contributed by atoms with Crippen LogP contribution >= 0.6 is 15.9 Å². The van der Waals surface area contributed by atoms with Crippen molar-refractivity contribution in [3.63, 3.8) is 0 Å². The molecule has 1 N–H and O–H groups in total. The molecule has 0 aromatic carbocycles. The number of aromatic nitrogens is 1. The van der Waals surface area contributed by atoms with E-state index in [4.69, 9.17) is 0 Å². The van der Waals surface area contributed by atoms with Gasteiger partial charge in [0.1, 0.15) is 5.82 Å². The molecule has 90 valence electrons. The monoisotopic (exact) mass is 285 g/mol. The average Bonchev–Trinajstić information content (AvgIpc) is 2.29. The molecule has 4 heteroatoms. The summed E-state index contributed by atoms with van der Waals surface area (Å²) in [4.78, 5) is 6.85. The van der Waals surface area contributed by atoms with Crippen LogP contribution in [0.2, 0.25) is 0 Å². The lowest BCUT2D eigenvalue weighted by Gasteiger charge is -2.22. The van der Waals surface area contributed by atoms with Crippen molar-refractivity contribution in [1.29, 1.82) is 0 Å². The van der Waals surface area contributed by atoms with Crippen molar-refractivity contribution in [1.82, 2.24) is 10.3 Å². The van der Waals surface area contributed by atoms with Gasteiger partial charge >= 0.3 is 0 Å². The van der Waals surface area contributed by atoms with Gasteiger partial charge in [0.05, 0.1) is 5.69 Å². The van der Waals surface area contributed by atoms with Crippen molar-refractivity contribution >= 4 is 21.7 Å². The summed E-state index contributed by atoms with van der Waals surface area (Å²) in [5.74, 6) is 1.06. The molecule has 0 fully saturated rings. The van der Waals surface area contributed by atoms with Gasteiger partial charge in [0.25, 0.3) is 0 Å². The standard InChI is InChI=1S/C12H20BrN3/c1-4-14-8-9-16(5-2)12-7-6-11(13)10(3)15-12/h6-7,14H,4-5,8-9H2,1-3H3. The summed E-state index contributed by atoms with van der Waals surface area (Å²) in [6.07, 6.45) is 0. The first kappa shape index (κ1) is 13.5. The molecule has 0 bridgehead atoms. The molecule has 0 aliphatic heterocycles. The summed E-state index contributed by atoms with van der Waals surface area (Å²) in [6.45, 7) is 10.3. The van der Waals surface area contributed by atoms with E-state index < -0.39 is 0 Å². The molecule has 0 amide bonds. The summed E-state index contributed by atoms with van der Waals surface area (Å²) in [5, 5.41) is 3.33. The highest BCUT2D eigenvalue weighted by Gasteiger charge is 2.06. The maximum atomic E-state index is 4.57. The van der Waals surface area contributed by atoms with Gasteiger partial charge in [-0.2, -0.15) is 0 Å². The molecule has 0 aliphatic rings. The first-order valence-electron chi connectivity index (χ1n) is 5.77. The van der Waals surface area contributed by atoms with E-state index in [1.54, 1.807) is 0 Å². The van der Waals surface area contributed by atoms with Gasteiger partial charge in [-0.15, -0.1) is 0 Å². The van der Waals surface area contributed by atoms with Crippen LogP contribution in [0.4, 0.5) is 5.82 Å². The highest BCUT2D eigenvalue weighted by atomic mass is 79.9. The van der Waals surface area contributed by atoms with Gasteiger partial charge in [0.2, 0.25) is 0 Å². The van der Waals surface area contributed by atoms with E-state index in [1.165, 1.54) is 0 Å². The molecule has 0 radical (unpaired) electrons. The van der Waals surface area contributed by atoms with Crippen LogP contribution in [0.25, 0.3) is 0 Å². The molecular formula is C12H20BrN3. The predicted octanol–water partition coefficient (Wildman–Crippen LogP) is 2.59. The van der Waals surface area contributed by atoms with Gasteiger partial charge in [0, 0.05) is 24.1 Å². The molecule has 16 heavy (non-hydrogen) atoms. The van der Waals surface area contributed by atoms with Crippen molar-refractivity contribution in [3.05, 3.63) is 22.3 Å². The lowest BCUT2D eigenvalue weighted by molar-refractivity contribution is 0.683. The molecule has 0 aliphatic carbocycles. The Bertz CT molecular complexity index is 328. The third kappa shape index (κ3) is 3.76. The Balaban J connectivity index is 2.67. The van der Waals surface area contributed by atoms with Gasteiger partial charge in [-0.1, -0.05) is 6.92 Å². The Morgan fingerprint density at radius 3 is 2.69 bits per heavy atom. The average molecular weight is 286 g/mol. The number of pyridine rings is 1. The van der Waals surface area contributed by atoms with E-state index >= 15 is 0 Å². The van der Waals surface area contributed by atoms with Crippen LogP contribution < -0.4 is 10.2 Å². The minimum Gasteiger partial charge on any atom is -0.356 e. The highest BCUT2D eigenvalue weighted by molar-refractivity contribution is 9.10. The molecule has 0 saturated heterocycles. The molecule has 1 aromatic heterocycles. The largest absolute Gasteiger partial charge is 0.356 e. The van der Waals surface area contributed by atoms with Crippen LogP contribution in [0.1, 0.15) is 19.5 Å². The van der Waals surface area contributed by atoms with E-state index in [9.17, 15) is 0 Å². The van der Waals surface area contributed by atoms with Gasteiger partial charge in [0.15, 0.2) is 0 Å². The maximum absolute atomic E-state index is 4.57. The Hall–Kier alpha value is -0.610. The summed E-state index contributed by atoms with van der Waals surface area (Å²) in [7, 11) is 0. The van der Waals surface area contributed by atoms with Gasteiger partial charge in [-0.25, -0.2) is 4.98 Å². The van der Waals surface area contributed by atoms with Crippen LogP contribution in [-0.2, 0) is 0 Å². The summed E-state index contributed by atoms with van der Waals surface area (Å²) >= 11 is 3.47. The Morgan fingerprint density at radius 2 is 2.12 bits per heavy atom. The number of rotatable bonds is 6. The van der Waals surface area contributed by atoms with Crippen LogP contribution in [0.15, 0.2) is 16.6 Å².